The highest BCUT2D eigenvalue weighted by Gasteiger charge is 2.24. The zero-order chi connectivity index (χ0) is 26.2. The molecular weight excluding hydrogens is 450 g/mol. The molecule has 0 radical (unpaired) electrons. The lowest BCUT2D eigenvalue weighted by atomic mass is 10.1. The van der Waals surface area contributed by atoms with Crippen molar-refractivity contribution < 1.29 is 9.59 Å². The average molecular weight is 496 g/mol. The van der Waals surface area contributed by atoms with E-state index >= 15 is 0 Å². The Morgan fingerprint density at radius 1 is 0.917 bits per heavy atom. The lowest BCUT2D eigenvalue weighted by Gasteiger charge is -2.29. The number of hydrogen-bond acceptors (Lipinski definition) is 4. The summed E-state index contributed by atoms with van der Waals surface area (Å²) < 4.78 is 1.97. The van der Waals surface area contributed by atoms with Gasteiger partial charge >= 0.3 is 0 Å². The smallest absolute Gasteiger partial charge is 0.242 e. The van der Waals surface area contributed by atoms with Crippen molar-refractivity contribution in [3.8, 4) is 0 Å². The van der Waals surface area contributed by atoms with E-state index in [1.54, 1.807) is 6.20 Å². The third-order valence-electron chi connectivity index (χ3n) is 6.62. The number of carbonyl (C=O) groups is 2. The Balaban J connectivity index is 1.93. The summed E-state index contributed by atoms with van der Waals surface area (Å²) in [5.41, 5.74) is 1.96. The minimum atomic E-state index is 0.0773. The fraction of sp³-hybridized carbons (Fsp3) is 0.621. The number of carbonyl (C=O) groups excluding carboxylic acids is 2. The summed E-state index contributed by atoms with van der Waals surface area (Å²) in [6, 6.07) is 8.09. The van der Waals surface area contributed by atoms with Gasteiger partial charge in [-0.15, -0.1) is 0 Å². The van der Waals surface area contributed by atoms with Gasteiger partial charge in [-0.1, -0.05) is 59.7 Å². The molecule has 1 aliphatic rings. The molecule has 0 atom stereocenters. The van der Waals surface area contributed by atoms with Crippen molar-refractivity contribution in [2.24, 2.45) is 11.8 Å². The number of hydrogen-bond donors (Lipinski definition) is 0. The van der Waals surface area contributed by atoms with Gasteiger partial charge in [-0.25, -0.2) is 4.98 Å². The van der Waals surface area contributed by atoms with Gasteiger partial charge in [0.25, 0.3) is 0 Å². The van der Waals surface area contributed by atoms with Crippen LogP contribution in [0.25, 0.3) is 0 Å². The highest BCUT2D eigenvalue weighted by molar-refractivity contribution is 5.94. The maximum absolute atomic E-state index is 13.7. The quantitative estimate of drug-likeness (QED) is 0.555. The van der Waals surface area contributed by atoms with Crippen molar-refractivity contribution in [3.63, 3.8) is 0 Å². The van der Waals surface area contributed by atoms with Gasteiger partial charge in [0.1, 0.15) is 12.4 Å². The van der Waals surface area contributed by atoms with Crippen LogP contribution in [0.4, 0.5) is 5.69 Å². The van der Waals surface area contributed by atoms with Crippen LogP contribution in [0, 0.1) is 11.8 Å². The number of para-hydroxylation sites is 1. The van der Waals surface area contributed by atoms with Crippen molar-refractivity contribution >= 4 is 17.5 Å². The third-order valence-corrected chi connectivity index (χ3v) is 6.62. The Labute approximate surface area is 217 Å². The molecule has 7 nitrogen and oxygen atoms in total. The standard InChI is InChI=1S/C29H45N5O2/c1-22(2)18-27(35)34-14-9-13-31(19-23(3)4)16-17-32(20-25-10-7-8-11-26(25)34)28(36)21-33-15-12-30-29(33)24(5)6/h7-8,10-12,15,22-24H,9,13-14,16-21H2,1-6H3. The Morgan fingerprint density at radius 2 is 1.67 bits per heavy atom. The Hall–Kier alpha value is -2.67. The van der Waals surface area contributed by atoms with Crippen molar-refractivity contribution in [1.82, 2.24) is 19.4 Å². The predicted molar refractivity (Wildman–Crippen MR) is 146 cm³/mol. The highest BCUT2D eigenvalue weighted by Crippen LogP contribution is 2.25. The Bertz CT molecular complexity index is 997. The fourth-order valence-electron chi connectivity index (χ4n) is 4.97. The van der Waals surface area contributed by atoms with Crippen LogP contribution in [0.1, 0.15) is 71.7 Å². The van der Waals surface area contributed by atoms with Crippen LogP contribution in [0.15, 0.2) is 36.7 Å². The molecule has 1 aromatic heterocycles. The third kappa shape index (κ3) is 7.66. The molecule has 0 saturated heterocycles. The van der Waals surface area contributed by atoms with Crippen LogP contribution in [0.5, 0.6) is 0 Å². The van der Waals surface area contributed by atoms with Gasteiger partial charge in [-0.05, 0) is 36.4 Å². The molecule has 1 aromatic carbocycles. The molecule has 2 aromatic rings. The topological polar surface area (TPSA) is 61.7 Å². The molecule has 3 rings (SSSR count). The SMILES string of the molecule is CC(C)CC(=O)N1CCCN(CC(C)C)CCN(C(=O)Cn2ccnc2C(C)C)Cc2ccccc21. The van der Waals surface area contributed by atoms with E-state index in [9.17, 15) is 9.59 Å². The molecule has 0 aliphatic carbocycles. The summed E-state index contributed by atoms with van der Waals surface area (Å²) in [5, 5.41) is 0. The van der Waals surface area contributed by atoms with E-state index in [1.165, 1.54) is 0 Å². The van der Waals surface area contributed by atoms with Gasteiger partial charge in [-0.3, -0.25) is 9.59 Å². The monoisotopic (exact) mass is 495 g/mol. The zero-order valence-electron chi connectivity index (χ0n) is 23.1. The van der Waals surface area contributed by atoms with Crippen molar-refractivity contribution in [2.75, 3.05) is 37.6 Å². The molecule has 0 fully saturated rings. The summed E-state index contributed by atoms with van der Waals surface area (Å²) in [4.78, 5) is 37.8. The first-order valence-electron chi connectivity index (χ1n) is 13.5. The van der Waals surface area contributed by atoms with Crippen LogP contribution in [-0.4, -0.2) is 63.9 Å². The largest absolute Gasteiger partial charge is 0.335 e. The molecule has 0 saturated carbocycles. The summed E-state index contributed by atoms with van der Waals surface area (Å²) in [6.45, 7) is 17.7. The molecule has 198 valence electrons. The number of rotatable bonds is 7. The second-order valence-electron chi connectivity index (χ2n) is 11.2. The van der Waals surface area contributed by atoms with E-state index in [0.29, 0.717) is 37.9 Å². The van der Waals surface area contributed by atoms with Gasteiger partial charge in [0.15, 0.2) is 0 Å². The molecule has 2 amide bonds. The summed E-state index contributed by atoms with van der Waals surface area (Å²) in [6.07, 6.45) is 5.09. The number of nitrogens with zero attached hydrogens (tertiary/aromatic N) is 5. The molecule has 7 heteroatoms. The highest BCUT2D eigenvalue weighted by atomic mass is 16.2. The van der Waals surface area contributed by atoms with Crippen LogP contribution in [0.3, 0.4) is 0 Å². The number of anilines is 1. The van der Waals surface area contributed by atoms with Crippen molar-refractivity contribution in [3.05, 3.63) is 48.0 Å². The summed E-state index contributed by atoms with van der Waals surface area (Å²) in [7, 11) is 0. The van der Waals surface area contributed by atoms with Crippen LogP contribution in [0.2, 0.25) is 0 Å². The number of aromatic nitrogens is 2. The lowest BCUT2D eigenvalue weighted by Crippen LogP contribution is -2.41. The number of imidazole rings is 1. The summed E-state index contributed by atoms with van der Waals surface area (Å²) in [5.74, 6) is 2.24. The van der Waals surface area contributed by atoms with E-state index < -0.39 is 0 Å². The van der Waals surface area contributed by atoms with Crippen LogP contribution in [-0.2, 0) is 22.7 Å². The number of benzene rings is 1. The fourth-order valence-corrected chi connectivity index (χ4v) is 4.97. The van der Waals surface area contributed by atoms with Gasteiger partial charge in [0.05, 0.1) is 0 Å². The number of amides is 2. The Kier molecular flexibility index (Phi) is 10.1. The van der Waals surface area contributed by atoms with E-state index in [0.717, 1.165) is 43.1 Å². The predicted octanol–water partition coefficient (Wildman–Crippen LogP) is 4.78. The first-order valence-corrected chi connectivity index (χ1v) is 13.5. The second-order valence-corrected chi connectivity index (χ2v) is 11.2. The van der Waals surface area contributed by atoms with E-state index in [2.05, 4.69) is 57.5 Å². The van der Waals surface area contributed by atoms with Gasteiger partial charge in [-0.2, -0.15) is 0 Å². The van der Waals surface area contributed by atoms with Gasteiger partial charge < -0.3 is 19.3 Å². The molecular formula is C29H45N5O2. The molecule has 0 N–H and O–H groups in total. The van der Waals surface area contributed by atoms with Gasteiger partial charge in [0, 0.05) is 63.1 Å². The zero-order valence-corrected chi connectivity index (χ0v) is 23.1. The average Bonchev–Trinajstić information content (AvgIpc) is 3.25. The first-order chi connectivity index (χ1) is 17.2. The van der Waals surface area contributed by atoms with Crippen molar-refractivity contribution in [2.45, 2.75) is 73.4 Å². The molecule has 0 unspecified atom stereocenters. The molecule has 0 spiro atoms. The first kappa shape index (κ1) is 27.9. The van der Waals surface area contributed by atoms with E-state index in [4.69, 9.17) is 0 Å². The normalized spacial score (nSPS) is 15.9. The Morgan fingerprint density at radius 3 is 2.36 bits per heavy atom. The molecule has 1 aliphatic heterocycles. The maximum atomic E-state index is 13.7. The maximum Gasteiger partial charge on any atom is 0.242 e. The van der Waals surface area contributed by atoms with Crippen LogP contribution >= 0.6 is 0 Å². The van der Waals surface area contributed by atoms with Crippen molar-refractivity contribution in [1.29, 1.82) is 0 Å². The minimum absolute atomic E-state index is 0.0773. The van der Waals surface area contributed by atoms with E-state index in [1.807, 2.05) is 38.8 Å². The lowest BCUT2D eigenvalue weighted by molar-refractivity contribution is -0.132. The molecule has 0 bridgehead atoms. The summed E-state index contributed by atoms with van der Waals surface area (Å²) >= 11 is 0. The van der Waals surface area contributed by atoms with Crippen LogP contribution < -0.4 is 4.90 Å². The molecule has 2 heterocycles. The van der Waals surface area contributed by atoms with Gasteiger partial charge in [0.2, 0.25) is 11.8 Å². The number of fused-ring (bicyclic) bond motifs is 1. The molecule has 36 heavy (non-hydrogen) atoms. The second kappa shape index (κ2) is 13.0. The minimum Gasteiger partial charge on any atom is -0.335 e. The van der Waals surface area contributed by atoms with E-state index in [-0.39, 0.29) is 24.3 Å².